The average molecular weight is 211 g/mol. The molecule has 0 radical (unpaired) electrons. The van der Waals surface area contributed by atoms with Crippen molar-refractivity contribution >= 4 is 0 Å². The summed E-state index contributed by atoms with van der Waals surface area (Å²) in [6.07, 6.45) is 2.22. The van der Waals surface area contributed by atoms with Crippen molar-refractivity contribution in [1.82, 2.24) is 0 Å². The number of alkyl halides is 1. The van der Waals surface area contributed by atoms with Crippen LogP contribution in [0.15, 0.2) is 24.3 Å². The zero-order valence-corrected chi connectivity index (χ0v) is 8.55. The SMILES string of the molecule is NC1(C(F)c2ccc(F)cc2)CCCC1. The van der Waals surface area contributed by atoms with Gasteiger partial charge in [0.25, 0.3) is 0 Å². The molecule has 0 spiro atoms. The predicted molar refractivity (Wildman–Crippen MR) is 55.6 cm³/mol. The maximum atomic E-state index is 14.1. The number of halogens is 2. The molecule has 82 valence electrons. The van der Waals surface area contributed by atoms with Crippen LogP contribution in [0, 0.1) is 5.82 Å². The highest BCUT2D eigenvalue weighted by molar-refractivity contribution is 5.22. The molecule has 0 aromatic heterocycles. The summed E-state index contributed by atoms with van der Waals surface area (Å²) in [5.41, 5.74) is 5.75. The molecule has 1 atom stereocenters. The van der Waals surface area contributed by atoms with Gasteiger partial charge in [0.05, 0.1) is 5.54 Å². The van der Waals surface area contributed by atoms with Crippen molar-refractivity contribution < 1.29 is 8.78 Å². The Hall–Kier alpha value is -0.960. The average Bonchev–Trinajstić information content (AvgIpc) is 2.67. The van der Waals surface area contributed by atoms with Crippen molar-refractivity contribution in [2.75, 3.05) is 0 Å². The lowest BCUT2D eigenvalue weighted by Crippen LogP contribution is -2.41. The molecule has 2 N–H and O–H groups in total. The first-order chi connectivity index (χ1) is 7.12. The Morgan fingerprint density at radius 1 is 1.13 bits per heavy atom. The second-order valence-corrected chi connectivity index (χ2v) is 4.35. The summed E-state index contributed by atoms with van der Waals surface area (Å²) < 4.78 is 26.8. The van der Waals surface area contributed by atoms with Crippen LogP contribution in [0.4, 0.5) is 8.78 Å². The van der Waals surface area contributed by atoms with Gasteiger partial charge in [0.1, 0.15) is 12.0 Å². The van der Waals surface area contributed by atoms with Gasteiger partial charge in [-0.25, -0.2) is 8.78 Å². The van der Waals surface area contributed by atoms with Crippen LogP contribution in [-0.2, 0) is 0 Å². The summed E-state index contributed by atoms with van der Waals surface area (Å²) in [6, 6.07) is 5.51. The monoisotopic (exact) mass is 211 g/mol. The largest absolute Gasteiger partial charge is 0.322 e. The van der Waals surface area contributed by atoms with E-state index < -0.39 is 11.7 Å². The second-order valence-electron chi connectivity index (χ2n) is 4.35. The lowest BCUT2D eigenvalue weighted by atomic mass is 9.88. The zero-order chi connectivity index (χ0) is 10.9. The maximum Gasteiger partial charge on any atom is 0.143 e. The van der Waals surface area contributed by atoms with Gasteiger partial charge in [-0.1, -0.05) is 25.0 Å². The van der Waals surface area contributed by atoms with E-state index in [2.05, 4.69) is 0 Å². The Morgan fingerprint density at radius 3 is 2.20 bits per heavy atom. The third kappa shape index (κ3) is 2.02. The van der Waals surface area contributed by atoms with E-state index in [0.29, 0.717) is 18.4 Å². The van der Waals surface area contributed by atoms with Gasteiger partial charge < -0.3 is 5.73 Å². The standard InChI is InChI=1S/C12H15F2N/c13-10-5-3-9(4-6-10)11(14)12(15)7-1-2-8-12/h3-6,11H,1-2,7-8,15H2. The maximum absolute atomic E-state index is 14.1. The van der Waals surface area contributed by atoms with E-state index in [4.69, 9.17) is 5.73 Å². The van der Waals surface area contributed by atoms with Crippen LogP contribution in [0.25, 0.3) is 0 Å². The fraction of sp³-hybridized carbons (Fsp3) is 0.500. The quantitative estimate of drug-likeness (QED) is 0.799. The number of rotatable bonds is 2. The molecule has 3 heteroatoms. The van der Waals surface area contributed by atoms with Gasteiger partial charge in [-0.3, -0.25) is 0 Å². The molecule has 0 aliphatic heterocycles. The number of hydrogen-bond acceptors (Lipinski definition) is 1. The molecular formula is C12H15F2N. The molecule has 1 aliphatic rings. The molecule has 1 aromatic rings. The molecule has 1 saturated carbocycles. The molecule has 2 rings (SSSR count). The van der Waals surface area contributed by atoms with E-state index in [9.17, 15) is 8.78 Å². The fourth-order valence-electron chi connectivity index (χ4n) is 2.25. The van der Waals surface area contributed by atoms with Gasteiger partial charge in [0.15, 0.2) is 0 Å². The van der Waals surface area contributed by atoms with E-state index in [1.165, 1.54) is 24.3 Å². The van der Waals surface area contributed by atoms with Crippen LogP contribution in [0.2, 0.25) is 0 Å². The van der Waals surface area contributed by atoms with Crippen LogP contribution in [0.3, 0.4) is 0 Å². The van der Waals surface area contributed by atoms with Gasteiger partial charge in [-0.05, 0) is 30.5 Å². The van der Waals surface area contributed by atoms with Crippen LogP contribution in [0.5, 0.6) is 0 Å². The fourth-order valence-corrected chi connectivity index (χ4v) is 2.25. The van der Waals surface area contributed by atoms with Crippen LogP contribution in [0.1, 0.15) is 37.4 Å². The Labute approximate surface area is 88.3 Å². The Balaban J connectivity index is 2.19. The first-order valence-corrected chi connectivity index (χ1v) is 5.30. The normalized spacial score (nSPS) is 21.5. The minimum atomic E-state index is -1.18. The van der Waals surface area contributed by atoms with Crippen molar-refractivity contribution in [2.45, 2.75) is 37.4 Å². The van der Waals surface area contributed by atoms with Gasteiger partial charge in [0.2, 0.25) is 0 Å². The highest BCUT2D eigenvalue weighted by Gasteiger charge is 2.38. The highest BCUT2D eigenvalue weighted by atomic mass is 19.1. The Morgan fingerprint density at radius 2 is 1.67 bits per heavy atom. The van der Waals surface area contributed by atoms with Crippen molar-refractivity contribution in [3.63, 3.8) is 0 Å². The second kappa shape index (κ2) is 3.89. The molecule has 1 unspecified atom stereocenters. The third-order valence-corrected chi connectivity index (χ3v) is 3.20. The molecule has 0 bridgehead atoms. The molecule has 1 fully saturated rings. The predicted octanol–water partition coefficient (Wildman–Crippen LogP) is 3.11. The minimum Gasteiger partial charge on any atom is -0.322 e. The van der Waals surface area contributed by atoms with Gasteiger partial charge >= 0.3 is 0 Å². The topological polar surface area (TPSA) is 26.0 Å². The Kier molecular flexibility index (Phi) is 2.74. The summed E-state index contributed by atoms with van der Waals surface area (Å²) in [4.78, 5) is 0. The summed E-state index contributed by atoms with van der Waals surface area (Å²) in [7, 11) is 0. The van der Waals surface area contributed by atoms with Crippen LogP contribution < -0.4 is 5.73 Å². The smallest absolute Gasteiger partial charge is 0.143 e. The minimum absolute atomic E-state index is 0.344. The van der Waals surface area contributed by atoms with Gasteiger partial charge in [-0.2, -0.15) is 0 Å². The summed E-state index contributed by atoms with van der Waals surface area (Å²) in [6.45, 7) is 0. The summed E-state index contributed by atoms with van der Waals surface area (Å²) >= 11 is 0. The van der Waals surface area contributed by atoms with E-state index in [1.807, 2.05) is 0 Å². The zero-order valence-electron chi connectivity index (χ0n) is 8.55. The van der Waals surface area contributed by atoms with E-state index in [1.54, 1.807) is 0 Å². The van der Waals surface area contributed by atoms with E-state index >= 15 is 0 Å². The van der Waals surface area contributed by atoms with Crippen molar-refractivity contribution in [2.24, 2.45) is 5.73 Å². The van der Waals surface area contributed by atoms with Crippen molar-refractivity contribution in [3.8, 4) is 0 Å². The first-order valence-electron chi connectivity index (χ1n) is 5.30. The van der Waals surface area contributed by atoms with Crippen molar-refractivity contribution in [1.29, 1.82) is 0 Å². The molecule has 0 heterocycles. The Bertz CT molecular complexity index is 328. The highest BCUT2D eigenvalue weighted by Crippen LogP contribution is 2.40. The van der Waals surface area contributed by atoms with E-state index in [-0.39, 0.29) is 5.82 Å². The van der Waals surface area contributed by atoms with Crippen molar-refractivity contribution in [3.05, 3.63) is 35.6 Å². The molecule has 1 aromatic carbocycles. The lowest BCUT2D eigenvalue weighted by Gasteiger charge is -2.28. The van der Waals surface area contributed by atoms with Crippen LogP contribution >= 0.6 is 0 Å². The molecule has 0 saturated heterocycles. The molecule has 0 amide bonds. The summed E-state index contributed by atoms with van der Waals surface area (Å²) in [5.74, 6) is -0.344. The van der Waals surface area contributed by atoms with Gasteiger partial charge in [-0.15, -0.1) is 0 Å². The lowest BCUT2D eigenvalue weighted by molar-refractivity contribution is 0.194. The van der Waals surface area contributed by atoms with E-state index in [0.717, 1.165) is 12.8 Å². The third-order valence-electron chi connectivity index (χ3n) is 3.20. The molecule has 1 aliphatic carbocycles. The van der Waals surface area contributed by atoms with Gasteiger partial charge in [0, 0.05) is 0 Å². The molecular weight excluding hydrogens is 196 g/mol. The number of nitrogens with two attached hydrogens (primary N) is 1. The first kappa shape index (κ1) is 10.6. The molecule has 1 nitrogen and oxygen atoms in total. The van der Waals surface area contributed by atoms with Crippen LogP contribution in [-0.4, -0.2) is 5.54 Å². The molecule has 15 heavy (non-hydrogen) atoms. The summed E-state index contributed by atoms with van der Waals surface area (Å²) in [5, 5.41) is 0. The number of hydrogen-bond donors (Lipinski definition) is 1. The number of benzene rings is 1.